The van der Waals surface area contributed by atoms with E-state index in [0.29, 0.717) is 0 Å². The summed E-state index contributed by atoms with van der Waals surface area (Å²) < 4.78 is 39.3. The van der Waals surface area contributed by atoms with E-state index in [2.05, 4.69) is 0 Å². The van der Waals surface area contributed by atoms with Crippen LogP contribution in [0.15, 0.2) is 30.3 Å². The largest absolute Gasteiger partial charge is 0.481 e. The Hall–Kier alpha value is -1.74. The van der Waals surface area contributed by atoms with Crippen molar-refractivity contribution in [3.05, 3.63) is 35.9 Å². The van der Waals surface area contributed by atoms with E-state index >= 15 is 0 Å². The highest BCUT2D eigenvalue weighted by Crippen LogP contribution is 2.38. The molecule has 0 bridgehead atoms. The molecule has 0 aromatic heterocycles. The van der Waals surface area contributed by atoms with Crippen molar-refractivity contribution < 1.29 is 33.0 Å². The molecule has 1 atom stereocenters. The van der Waals surface area contributed by atoms with Gasteiger partial charge in [0.25, 0.3) is 0 Å². The molecule has 0 aliphatic heterocycles. The van der Waals surface area contributed by atoms with Crippen LogP contribution < -0.4 is 5.32 Å². The van der Waals surface area contributed by atoms with E-state index in [-0.39, 0.29) is 17.1 Å². The first kappa shape index (κ1) is 18.3. The first-order chi connectivity index (χ1) is 10.2. The number of nitrogens with one attached hydrogen (secondary N) is 1. The number of carbonyl (C=O) groups excluding carboxylic acids is 1. The van der Waals surface area contributed by atoms with E-state index in [1.807, 2.05) is 5.32 Å². The molecule has 1 unspecified atom stereocenters. The highest BCUT2D eigenvalue weighted by Gasteiger charge is 2.55. The average molecular weight is 337 g/mol. The fourth-order valence-electron chi connectivity index (χ4n) is 1.59. The minimum atomic E-state index is -4.98. The molecular formula is C13H14F3NO4S. The number of carboxylic acids is 1. The van der Waals surface area contributed by atoms with Gasteiger partial charge < -0.3 is 15.5 Å². The summed E-state index contributed by atoms with van der Waals surface area (Å²) in [4.78, 5) is 21.7. The molecule has 9 heteroatoms. The Morgan fingerprint density at radius 1 is 1.14 bits per heavy atom. The molecule has 3 N–H and O–H groups in total. The lowest BCUT2D eigenvalue weighted by molar-refractivity contribution is -0.264. The van der Waals surface area contributed by atoms with Gasteiger partial charge in [-0.25, -0.2) is 0 Å². The van der Waals surface area contributed by atoms with Crippen LogP contribution in [0.3, 0.4) is 0 Å². The third kappa shape index (κ3) is 4.92. The van der Waals surface area contributed by atoms with Gasteiger partial charge in [-0.3, -0.25) is 9.59 Å². The van der Waals surface area contributed by atoms with E-state index in [1.54, 1.807) is 0 Å². The number of carboxylic acid groups (broad SMARTS) is 1. The number of aliphatic carboxylic acids is 1. The Balaban J connectivity index is 2.72. The molecule has 1 rings (SSSR count). The monoisotopic (exact) mass is 337 g/mol. The smallest absolute Gasteiger partial charge is 0.423 e. The molecule has 122 valence electrons. The van der Waals surface area contributed by atoms with Crippen molar-refractivity contribution in [2.24, 2.45) is 0 Å². The van der Waals surface area contributed by atoms with Gasteiger partial charge in [-0.1, -0.05) is 30.3 Å². The van der Waals surface area contributed by atoms with Crippen LogP contribution in [-0.2, 0) is 15.2 Å². The lowest BCUT2D eigenvalue weighted by Crippen LogP contribution is -2.51. The van der Waals surface area contributed by atoms with Gasteiger partial charge >= 0.3 is 12.1 Å². The van der Waals surface area contributed by atoms with Crippen LogP contribution in [0, 0.1) is 0 Å². The first-order valence-electron chi connectivity index (χ1n) is 6.07. The quantitative estimate of drug-likeness (QED) is 0.700. The number of rotatable bonds is 7. The molecular weight excluding hydrogens is 323 g/mol. The summed E-state index contributed by atoms with van der Waals surface area (Å²) in [5.41, 5.74) is -3.59. The number of hydrogen-bond acceptors (Lipinski definition) is 4. The number of thioether (sulfide) groups is 1. The molecule has 0 heterocycles. The van der Waals surface area contributed by atoms with Crippen LogP contribution in [0.5, 0.6) is 0 Å². The fraction of sp³-hybridized carbons (Fsp3) is 0.385. The summed E-state index contributed by atoms with van der Waals surface area (Å²) in [6.45, 7) is -1.05. The van der Waals surface area contributed by atoms with Gasteiger partial charge in [0.1, 0.15) is 0 Å². The van der Waals surface area contributed by atoms with Crippen molar-refractivity contribution >= 4 is 23.6 Å². The van der Waals surface area contributed by atoms with Crippen molar-refractivity contribution in [2.45, 2.75) is 11.8 Å². The molecule has 0 fully saturated rings. The van der Waals surface area contributed by atoms with Crippen LogP contribution in [0.1, 0.15) is 5.56 Å². The predicted octanol–water partition coefficient (Wildman–Crippen LogP) is 1.37. The third-order valence-corrected chi connectivity index (χ3v) is 3.64. The molecule has 0 aliphatic carbocycles. The lowest BCUT2D eigenvalue weighted by atomic mass is 9.93. The number of carbonyl (C=O) groups is 2. The number of aliphatic hydroxyl groups is 1. The number of halogens is 3. The Labute approximate surface area is 128 Å². The van der Waals surface area contributed by atoms with Crippen LogP contribution in [-0.4, -0.2) is 46.3 Å². The van der Waals surface area contributed by atoms with Gasteiger partial charge in [0, 0.05) is 0 Å². The summed E-state index contributed by atoms with van der Waals surface area (Å²) in [6, 6.07) is 6.41. The van der Waals surface area contributed by atoms with E-state index in [1.165, 1.54) is 18.2 Å². The molecule has 0 saturated carbocycles. The molecule has 0 saturated heterocycles. The maximum atomic E-state index is 13.1. The Bertz CT molecular complexity index is 524. The van der Waals surface area contributed by atoms with Crippen LogP contribution in [0.25, 0.3) is 0 Å². The van der Waals surface area contributed by atoms with E-state index in [9.17, 15) is 27.9 Å². The summed E-state index contributed by atoms with van der Waals surface area (Å²) in [5.74, 6) is -2.57. The van der Waals surface area contributed by atoms with Gasteiger partial charge in [-0.15, -0.1) is 11.8 Å². The van der Waals surface area contributed by atoms with E-state index in [0.717, 1.165) is 23.9 Å². The Kier molecular flexibility index (Phi) is 6.24. The summed E-state index contributed by atoms with van der Waals surface area (Å²) in [6.07, 6.45) is -4.98. The minimum absolute atomic E-state index is 0.310. The van der Waals surface area contributed by atoms with Gasteiger partial charge in [0.15, 0.2) is 0 Å². The molecule has 1 aromatic rings. The van der Waals surface area contributed by atoms with Crippen molar-refractivity contribution in [1.29, 1.82) is 0 Å². The zero-order valence-electron chi connectivity index (χ0n) is 11.3. The summed E-state index contributed by atoms with van der Waals surface area (Å²) in [5, 5.41) is 20.3. The standard InChI is InChI=1S/C13H14F3NO4S/c14-13(15,16)12(21,9-4-2-1-3-5-9)8-17-10(18)6-22-7-11(19)20/h1-5,21H,6-8H2,(H,17,18)(H,19,20). The Morgan fingerprint density at radius 3 is 2.23 bits per heavy atom. The highest BCUT2D eigenvalue weighted by molar-refractivity contribution is 8.00. The first-order valence-corrected chi connectivity index (χ1v) is 7.23. The van der Waals surface area contributed by atoms with Crippen LogP contribution in [0.2, 0.25) is 0 Å². The second-order valence-electron chi connectivity index (χ2n) is 4.39. The second kappa shape index (κ2) is 7.50. The zero-order chi connectivity index (χ0) is 16.8. The van der Waals surface area contributed by atoms with Crippen molar-refractivity contribution in [3.8, 4) is 0 Å². The topological polar surface area (TPSA) is 86.6 Å². The van der Waals surface area contributed by atoms with Crippen molar-refractivity contribution in [1.82, 2.24) is 5.32 Å². The van der Waals surface area contributed by atoms with Gasteiger partial charge in [0.2, 0.25) is 11.5 Å². The van der Waals surface area contributed by atoms with Crippen molar-refractivity contribution in [2.75, 3.05) is 18.1 Å². The molecule has 0 aliphatic rings. The van der Waals surface area contributed by atoms with E-state index in [4.69, 9.17) is 5.11 Å². The summed E-state index contributed by atoms with van der Waals surface area (Å²) >= 11 is 0.749. The molecule has 1 aromatic carbocycles. The van der Waals surface area contributed by atoms with E-state index < -0.39 is 30.2 Å². The molecule has 0 spiro atoms. The van der Waals surface area contributed by atoms with Gasteiger partial charge in [-0.2, -0.15) is 13.2 Å². The number of alkyl halides is 3. The fourth-order valence-corrected chi connectivity index (χ4v) is 2.15. The maximum Gasteiger partial charge on any atom is 0.423 e. The number of amides is 1. The van der Waals surface area contributed by atoms with Crippen LogP contribution in [0.4, 0.5) is 13.2 Å². The summed E-state index contributed by atoms with van der Waals surface area (Å²) in [7, 11) is 0. The normalized spacial score (nSPS) is 14.2. The van der Waals surface area contributed by atoms with Crippen molar-refractivity contribution in [3.63, 3.8) is 0 Å². The SMILES string of the molecule is O=C(O)CSCC(=O)NCC(O)(c1ccccc1)C(F)(F)F. The highest BCUT2D eigenvalue weighted by atomic mass is 32.2. The zero-order valence-corrected chi connectivity index (χ0v) is 12.1. The lowest BCUT2D eigenvalue weighted by Gasteiger charge is -2.31. The molecule has 22 heavy (non-hydrogen) atoms. The second-order valence-corrected chi connectivity index (χ2v) is 5.37. The molecule has 0 radical (unpaired) electrons. The van der Waals surface area contributed by atoms with Crippen LogP contribution >= 0.6 is 11.8 Å². The predicted molar refractivity (Wildman–Crippen MR) is 74.4 cm³/mol. The van der Waals surface area contributed by atoms with Gasteiger partial charge in [-0.05, 0) is 5.56 Å². The molecule has 1 amide bonds. The minimum Gasteiger partial charge on any atom is -0.481 e. The Morgan fingerprint density at radius 2 is 1.73 bits per heavy atom. The third-order valence-electron chi connectivity index (χ3n) is 2.72. The molecule has 5 nitrogen and oxygen atoms in total. The average Bonchev–Trinajstić information content (AvgIpc) is 2.44. The number of benzene rings is 1. The number of hydrogen-bond donors (Lipinski definition) is 3. The van der Waals surface area contributed by atoms with Gasteiger partial charge in [0.05, 0.1) is 18.1 Å². The maximum absolute atomic E-state index is 13.1.